The molecule has 0 nitrogen and oxygen atoms in total. The molecule has 0 spiro atoms. The van der Waals surface area contributed by atoms with Crippen molar-refractivity contribution in [2.45, 2.75) is 26.7 Å². The van der Waals surface area contributed by atoms with Crippen molar-refractivity contribution >= 4 is 0 Å². The first kappa shape index (κ1) is 7.59. The highest BCUT2D eigenvalue weighted by molar-refractivity contribution is 5.08. The second-order valence-corrected chi connectivity index (χ2v) is 3.10. The largest absolute Gasteiger partial charge is 0.0848 e. The Morgan fingerprint density at radius 3 is 2.60 bits per heavy atom. The maximum absolute atomic E-state index is 2.32. The summed E-state index contributed by atoms with van der Waals surface area (Å²) < 4.78 is 0. The van der Waals surface area contributed by atoms with Crippen LogP contribution in [0.3, 0.4) is 0 Å². The van der Waals surface area contributed by atoms with Crippen molar-refractivity contribution in [1.82, 2.24) is 0 Å². The van der Waals surface area contributed by atoms with Crippen LogP contribution in [0.2, 0.25) is 0 Å². The average Bonchev–Trinajstić information content (AvgIpc) is 2.60. The van der Waals surface area contributed by atoms with E-state index in [9.17, 15) is 0 Å². The van der Waals surface area contributed by atoms with E-state index < -0.39 is 0 Å². The molecule has 0 heteroatoms. The first-order valence-electron chi connectivity index (χ1n) is 4.18. The maximum Gasteiger partial charge on any atom is -0.0202 e. The van der Waals surface area contributed by atoms with Crippen molar-refractivity contribution in [3.63, 3.8) is 0 Å². The fourth-order valence-electron chi connectivity index (χ4n) is 1.04. The average molecular weight is 136 g/mol. The van der Waals surface area contributed by atoms with Gasteiger partial charge >= 0.3 is 0 Å². The third-order valence-electron chi connectivity index (χ3n) is 2.01. The molecule has 1 aliphatic carbocycles. The minimum absolute atomic E-state index is 0.890. The molecule has 0 amide bonds. The van der Waals surface area contributed by atoms with E-state index in [2.05, 4.69) is 38.2 Å². The van der Waals surface area contributed by atoms with E-state index in [4.69, 9.17) is 0 Å². The molecule has 0 aromatic carbocycles. The van der Waals surface area contributed by atoms with E-state index in [1.165, 1.54) is 6.42 Å². The number of hydrogen-bond donors (Lipinski definition) is 0. The predicted molar refractivity (Wildman–Crippen MR) is 45.8 cm³/mol. The van der Waals surface area contributed by atoms with Crippen LogP contribution in [-0.4, -0.2) is 0 Å². The Morgan fingerprint density at radius 2 is 2.10 bits per heavy atom. The van der Waals surface area contributed by atoms with Gasteiger partial charge in [-0.3, -0.25) is 0 Å². The zero-order valence-electron chi connectivity index (χ0n) is 6.88. The van der Waals surface area contributed by atoms with Gasteiger partial charge in [0.1, 0.15) is 0 Å². The highest BCUT2D eigenvalue weighted by Crippen LogP contribution is 2.38. The summed E-state index contributed by atoms with van der Waals surface area (Å²) in [7, 11) is 0. The van der Waals surface area contributed by atoms with Gasteiger partial charge in [-0.25, -0.2) is 0 Å². The molecule has 0 saturated heterocycles. The molecule has 0 bridgehead atoms. The lowest BCUT2D eigenvalue weighted by Gasteiger charge is -1.79. The summed E-state index contributed by atoms with van der Waals surface area (Å²) >= 11 is 0. The molecule has 0 heterocycles. The van der Waals surface area contributed by atoms with Gasteiger partial charge in [0.25, 0.3) is 0 Å². The molecule has 56 valence electrons. The van der Waals surface area contributed by atoms with Gasteiger partial charge in [0.15, 0.2) is 0 Å². The van der Waals surface area contributed by atoms with Crippen LogP contribution in [0.25, 0.3) is 0 Å². The van der Waals surface area contributed by atoms with E-state index in [-0.39, 0.29) is 0 Å². The summed E-state index contributed by atoms with van der Waals surface area (Å²) in [6, 6.07) is 0. The van der Waals surface area contributed by atoms with Crippen molar-refractivity contribution in [3.05, 3.63) is 24.3 Å². The fourth-order valence-corrected chi connectivity index (χ4v) is 1.04. The first-order chi connectivity index (χ1) is 4.84. The van der Waals surface area contributed by atoms with Crippen LogP contribution in [0, 0.1) is 11.8 Å². The third-order valence-corrected chi connectivity index (χ3v) is 2.01. The number of allylic oxidation sites excluding steroid dienone is 4. The van der Waals surface area contributed by atoms with Gasteiger partial charge in [0.2, 0.25) is 0 Å². The molecule has 2 unspecified atom stereocenters. The Hall–Kier alpha value is -0.520. The smallest absolute Gasteiger partial charge is 0.0202 e. The van der Waals surface area contributed by atoms with E-state index in [1.807, 2.05) is 0 Å². The minimum atomic E-state index is 0.890. The lowest BCUT2D eigenvalue weighted by molar-refractivity contribution is 0.899. The van der Waals surface area contributed by atoms with Gasteiger partial charge in [0.05, 0.1) is 0 Å². The highest BCUT2D eigenvalue weighted by Gasteiger charge is 2.28. The molecular formula is C10H16. The molecule has 1 rings (SSSR count). The Morgan fingerprint density at radius 1 is 1.40 bits per heavy atom. The molecule has 10 heavy (non-hydrogen) atoms. The Balaban J connectivity index is 2.12. The summed E-state index contributed by atoms with van der Waals surface area (Å²) in [6.07, 6.45) is 11.4. The maximum atomic E-state index is 2.32. The van der Waals surface area contributed by atoms with Crippen LogP contribution in [0.15, 0.2) is 24.3 Å². The van der Waals surface area contributed by atoms with Crippen molar-refractivity contribution in [3.8, 4) is 0 Å². The van der Waals surface area contributed by atoms with E-state index in [0.29, 0.717) is 0 Å². The Kier molecular flexibility index (Phi) is 2.73. The number of hydrogen-bond acceptors (Lipinski definition) is 0. The molecule has 0 aromatic rings. The van der Waals surface area contributed by atoms with E-state index >= 15 is 0 Å². The molecule has 0 aliphatic heterocycles. The van der Waals surface area contributed by atoms with Gasteiger partial charge in [0, 0.05) is 0 Å². The van der Waals surface area contributed by atoms with Crippen LogP contribution in [0.5, 0.6) is 0 Å². The summed E-state index contributed by atoms with van der Waals surface area (Å²) in [5, 5.41) is 0. The second-order valence-electron chi connectivity index (χ2n) is 3.10. The van der Waals surface area contributed by atoms with Crippen LogP contribution >= 0.6 is 0 Å². The fraction of sp³-hybridized carbons (Fsp3) is 0.600. The van der Waals surface area contributed by atoms with Crippen LogP contribution in [0.1, 0.15) is 26.7 Å². The molecule has 0 radical (unpaired) electrons. The SMILES string of the molecule is CCC=CC=CC1CC1C. The zero-order valence-corrected chi connectivity index (χ0v) is 6.88. The topological polar surface area (TPSA) is 0 Å². The summed E-state index contributed by atoms with van der Waals surface area (Å²) in [4.78, 5) is 0. The third kappa shape index (κ3) is 2.38. The standard InChI is InChI=1S/C10H16/c1-3-4-5-6-7-10-8-9(10)2/h4-7,9-10H,3,8H2,1-2H3. The molecule has 1 fully saturated rings. The Bertz CT molecular complexity index is 142. The normalized spacial score (nSPS) is 32.2. The van der Waals surface area contributed by atoms with Gasteiger partial charge in [-0.1, -0.05) is 38.2 Å². The lowest BCUT2D eigenvalue weighted by atomic mass is 10.3. The molecule has 1 saturated carbocycles. The summed E-state index contributed by atoms with van der Waals surface area (Å²) in [6.45, 7) is 4.46. The van der Waals surface area contributed by atoms with Crippen LogP contribution in [-0.2, 0) is 0 Å². The van der Waals surface area contributed by atoms with Gasteiger partial charge in [-0.05, 0) is 24.7 Å². The summed E-state index contributed by atoms with van der Waals surface area (Å²) in [5.41, 5.74) is 0. The van der Waals surface area contributed by atoms with Gasteiger partial charge in [-0.15, -0.1) is 0 Å². The molecule has 1 aliphatic rings. The lowest BCUT2D eigenvalue weighted by Crippen LogP contribution is -1.66. The zero-order chi connectivity index (χ0) is 7.40. The molecular weight excluding hydrogens is 120 g/mol. The highest BCUT2D eigenvalue weighted by atomic mass is 14.3. The molecule has 0 aromatic heterocycles. The van der Waals surface area contributed by atoms with Gasteiger partial charge < -0.3 is 0 Å². The van der Waals surface area contributed by atoms with E-state index in [1.54, 1.807) is 0 Å². The van der Waals surface area contributed by atoms with Crippen molar-refractivity contribution in [1.29, 1.82) is 0 Å². The second kappa shape index (κ2) is 3.60. The van der Waals surface area contributed by atoms with Crippen molar-refractivity contribution in [2.75, 3.05) is 0 Å². The van der Waals surface area contributed by atoms with Crippen molar-refractivity contribution < 1.29 is 0 Å². The first-order valence-corrected chi connectivity index (χ1v) is 4.18. The van der Waals surface area contributed by atoms with E-state index in [0.717, 1.165) is 18.3 Å². The van der Waals surface area contributed by atoms with Crippen LogP contribution in [0.4, 0.5) is 0 Å². The molecule has 0 N–H and O–H groups in total. The minimum Gasteiger partial charge on any atom is -0.0848 e. The molecule has 2 atom stereocenters. The van der Waals surface area contributed by atoms with Crippen LogP contribution < -0.4 is 0 Å². The van der Waals surface area contributed by atoms with Gasteiger partial charge in [-0.2, -0.15) is 0 Å². The summed E-state index contributed by atoms with van der Waals surface area (Å²) in [5.74, 6) is 1.84. The number of rotatable bonds is 3. The monoisotopic (exact) mass is 136 g/mol. The predicted octanol–water partition coefficient (Wildman–Crippen LogP) is 3.16. The quantitative estimate of drug-likeness (QED) is 0.523. The Labute approximate surface area is 63.6 Å². The van der Waals surface area contributed by atoms with Crippen molar-refractivity contribution in [2.24, 2.45) is 11.8 Å².